The molecule has 9 N–H and O–H groups in total. The van der Waals surface area contributed by atoms with E-state index < -0.39 is 54.9 Å². The monoisotopic (exact) mass is 841 g/mol. The van der Waals surface area contributed by atoms with E-state index in [-0.39, 0.29) is 47.9 Å². The smallest absolute Gasteiger partial charge is 0.429 e. The van der Waals surface area contributed by atoms with Gasteiger partial charge in [0.25, 0.3) is 0 Å². The number of carboxylic acids is 1. The number of aliphatic carboxylic acids is 1. The summed E-state index contributed by atoms with van der Waals surface area (Å²) < 4.78 is 17.8. The lowest BCUT2D eigenvalue weighted by Gasteiger charge is -2.34. The van der Waals surface area contributed by atoms with Crippen molar-refractivity contribution < 1.29 is 48.0 Å². The lowest BCUT2D eigenvalue weighted by atomic mass is 9.97. The first kappa shape index (κ1) is 42.3. The zero-order valence-electron chi connectivity index (χ0n) is 28.6. The minimum atomic E-state index is -4.77. The van der Waals surface area contributed by atoms with Crippen LogP contribution in [0.3, 0.4) is 0 Å². The van der Waals surface area contributed by atoms with Gasteiger partial charge in [-0.25, -0.2) is 14.1 Å². The number of carboxylic acid groups (broad SMARTS) is 1. The van der Waals surface area contributed by atoms with Gasteiger partial charge in [-0.3, -0.25) is 19.7 Å². The van der Waals surface area contributed by atoms with E-state index in [2.05, 4.69) is 35.1 Å². The van der Waals surface area contributed by atoms with Crippen LogP contribution in [0.15, 0.2) is 55.0 Å². The number of thioether (sulfide) groups is 2. The highest BCUT2D eigenvalue weighted by Crippen LogP contribution is 2.40. The van der Waals surface area contributed by atoms with E-state index >= 15 is 0 Å². The van der Waals surface area contributed by atoms with Crippen LogP contribution < -0.4 is 36.9 Å². The molecule has 3 atom stereocenters. The standard InChI is InChI=1S/C29H36N11O9PS4/c1-3-49-37-21(23-36-28(54-39-23)38-50(46,47)48)19(42)11-17(24(43)33-16(12-41)5-4-8-32-27(30)31)25-35-22(26(44)45)20(14-51-25)53-29-34-18(13-52-29)15-6-9-40(2)10-7-15/h6-7,9-10,12-13,16-17,25,35H,3-5,8,11,14H2,1-2H3,(H8-,30,31,32,33,36,38,39,43,44,45,46,47,48)/b37-21+/t16?,17-,25-/m1/s1. The van der Waals surface area contributed by atoms with E-state index in [0.717, 1.165) is 29.1 Å². The molecule has 0 saturated carbocycles. The van der Waals surface area contributed by atoms with Gasteiger partial charge in [-0.1, -0.05) is 16.9 Å². The number of carbonyl (C=O) groups excluding carboxylic acids is 4. The van der Waals surface area contributed by atoms with Gasteiger partial charge in [0.15, 0.2) is 34.2 Å². The van der Waals surface area contributed by atoms with Crippen molar-refractivity contribution in [2.45, 2.75) is 41.9 Å². The molecule has 1 unspecified atom stereocenters. The highest BCUT2D eigenvalue weighted by Gasteiger charge is 2.37. The maximum atomic E-state index is 13.9. The van der Waals surface area contributed by atoms with Gasteiger partial charge in [0.1, 0.15) is 19.9 Å². The maximum Gasteiger partial charge on any atom is 0.429 e. The number of nitrogens with zero attached hydrogens (tertiary/aromatic N) is 6. The Bertz CT molecular complexity index is 1960. The predicted octanol–water partition coefficient (Wildman–Crippen LogP) is -0.540. The van der Waals surface area contributed by atoms with Crippen LogP contribution in [0, 0.1) is 5.92 Å². The zero-order chi connectivity index (χ0) is 39.4. The molecule has 0 bridgehead atoms. The molecule has 1 aliphatic rings. The van der Waals surface area contributed by atoms with Crippen LogP contribution in [0.1, 0.15) is 32.0 Å². The highest BCUT2D eigenvalue weighted by atomic mass is 32.2. The molecule has 4 heterocycles. The first-order valence-electron chi connectivity index (χ1n) is 15.8. The molecule has 1 amide bonds. The van der Waals surface area contributed by atoms with Crippen molar-refractivity contribution in [1.29, 1.82) is 0 Å². The molecule has 54 heavy (non-hydrogen) atoms. The van der Waals surface area contributed by atoms with Gasteiger partial charge in [-0.2, -0.15) is 9.36 Å². The van der Waals surface area contributed by atoms with Gasteiger partial charge in [-0.15, -0.1) is 23.1 Å². The molecule has 0 aliphatic carbocycles. The summed E-state index contributed by atoms with van der Waals surface area (Å²) in [6.07, 6.45) is 4.13. The SMILES string of the molecule is CCO/N=C(\C(=O)C[C@H](C(=O)NC(C=O)CCCN=C(N)N)[C@@H]1NC(C(=O)[O-])=C(Sc2nc(-c3cc[n+](C)cc3)cs2)CS1)c1nsc(NP(=O)(O)O)n1. The number of guanidine groups is 1. The number of carbonyl (C=O) groups is 4. The third kappa shape index (κ3) is 12.6. The Hall–Kier alpha value is -4.45. The Labute approximate surface area is 324 Å². The summed E-state index contributed by atoms with van der Waals surface area (Å²) in [6, 6.07) is 2.79. The van der Waals surface area contributed by atoms with E-state index in [1.165, 1.54) is 11.3 Å². The number of rotatable bonds is 20. The molecule has 1 aliphatic heterocycles. The number of aliphatic imine (C=N–C) groups is 1. The van der Waals surface area contributed by atoms with Crippen molar-refractivity contribution >= 4 is 94.9 Å². The number of nitrogens with one attached hydrogen (secondary N) is 3. The van der Waals surface area contributed by atoms with E-state index in [9.17, 15) is 38.6 Å². The number of hydrogen-bond acceptors (Lipinski definition) is 17. The van der Waals surface area contributed by atoms with Gasteiger partial charge in [-0.05, 0) is 19.8 Å². The minimum Gasteiger partial charge on any atom is -0.543 e. The number of ketones is 1. The third-order valence-corrected chi connectivity index (χ3v) is 11.9. The molecule has 0 saturated heterocycles. The van der Waals surface area contributed by atoms with E-state index in [4.69, 9.17) is 16.3 Å². The number of anilines is 1. The lowest BCUT2D eigenvalue weighted by molar-refractivity contribution is -0.671. The molecule has 290 valence electrons. The van der Waals surface area contributed by atoms with Crippen LogP contribution in [-0.2, 0) is 35.6 Å². The molecule has 0 aromatic carbocycles. The molecule has 4 rings (SSSR count). The van der Waals surface area contributed by atoms with Crippen molar-refractivity contribution in [2.75, 3.05) is 24.0 Å². The van der Waals surface area contributed by atoms with Gasteiger partial charge < -0.3 is 51.4 Å². The third-order valence-electron chi connectivity index (χ3n) is 7.13. The summed E-state index contributed by atoms with van der Waals surface area (Å²) in [4.78, 5) is 88.6. The number of thiazole rings is 1. The van der Waals surface area contributed by atoms with Crippen molar-refractivity contribution in [3.8, 4) is 11.3 Å². The topological polar surface area (TPSA) is 314 Å². The van der Waals surface area contributed by atoms with Gasteiger partial charge in [0.2, 0.25) is 16.9 Å². The second kappa shape index (κ2) is 19.8. The molecule has 0 radical (unpaired) electrons. The second-order valence-corrected chi connectivity index (χ2v) is 16.6. The largest absolute Gasteiger partial charge is 0.543 e. The molecule has 3 aromatic rings. The van der Waals surface area contributed by atoms with Crippen LogP contribution in [0.5, 0.6) is 0 Å². The van der Waals surface area contributed by atoms with Gasteiger partial charge in [0.05, 0.1) is 34.7 Å². The zero-order valence-corrected chi connectivity index (χ0v) is 32.8. The number of nitrogens with two attached hydrogens (primary N) is 2. The first-order chi connectivity index (χ1) is 25.7. The van der Waals surface area contributed by atoms with Crippen molar-refractivity contribution in [2.24, 2.45) is 34.6 Å². The Morgan fingerprint density at radius 3 is 2.67 bits per heavy atom. The Balaban J connectivity index is 1.62. The Morgan fingerprint density at radius 2 is 2.02 bits per heavy atom. The fourth-order valence-corrected chi connectivity index (χ4v) is 9.24. The molecule has 0 fully saturated rings. The second-order valence-electron chi connectivity index (χ2n) is 11.2. The predicted molar refractivity (Wildman–Crippen MR) is 201 cm³/mol. The van der Waals surface area contributed by atoms with Crippen LogP contribution in [0.4, 0.5) is 5.13 Å². The highest BCUT2D eigenvalue weighted by molar-refractivity contribution is 8.07. The summed E-state index contributed by atoms with van der Waals surface area (Å²) in [5.41, 5.74) is 11.5. The van der Waals surface area contributed by atoms with E-state index in [0.29, 0.717) is 39.2 Å². The Kier molecular flexibility index (Phi) is 15.5. The Morgan fingerprint density at radius 1 is 1.28 bits per heavy atom. The number of hydrogen-bond donors (Lipinski definition) is 7. The van der Waals surface area contributed by atoms with E-state index in [1.807, 2.05) is 46.6 Å². The van der Waals surface area contributed by atoms with Crippen LogP contribution in [0.2, 0.25) is 0 Å². The number of aryl methyl sites for hydroxylation is 1. The first-order valence-corrected chi connectivity index (χ1v) is 20.9. The average molecular weight is 842 g/mol. The van der Waals surface area contributed by atoms with E-state index in [1.54, 1.807) is 6.92 Å². The van der Waals surface area contributed by atoms with Crippen LogP contribution in [-0.4, -0.2) is 90.1 Å². The number of aldehydes is 1. The molecular formula is C29H36N11O9PS4. The fourth-order valence-electron chi connectivity index (χ4n) is 4.64. The van der Waals surface area contributed by atoms with Gasteiger partial charge >= 0.3 is 7.75 Å². The quantitative estimate of drug-likeness (QED) is 0.0143. The average Bonchev–Trinajstić information content (AvgIpc) is 3.78. The summed E-state index contributed by atoms with van der Waals surface area (Å²) in [5.74, 6) is -4.88. The van der Waals surface area contributed by atoms with Gasteiger partial charge in [0, 0.05) is 58.2 Å². The molecule has 25 heteroatoms. The lowest BCUT2D eigenvalue weighted by Crippen LogP contribution is -2.50. The summed E-state index contributed by atoms with van der Waals surface area (Å²) in [7, 11) is -2.88. The summed E-state index contributed by atoms with van der Waals surface area (Å²) in [5, 5.41) is 24.1. The number of oxime groups is 1. The van der Waals surface area contributed by atoms with Crippen LogP contribution in [0.25, 0.3) is 11.3 Å². The molecule has 20 nitrogen and oxygen atoms in total. The minimum absolute atomic E-state index is 0.0181. The summed E-state index contributed by atoms with van der Waals surface area (Å²) in [6.45, 7) is 1.79. The molecular weight excluding hydrogens is 806 g/mol. The number of amides is 1. The normalized spacial score (nSPS) is 15.8. The van der Waals surface area contributed by atoms with Crippen molar-refractivity contribution in [1.82, 2.24) is 25.0 Å². The van der Waals surface area contributed by atoms with Crippen LogP contribution >= 0.6 is 54.1 Å². The maximum absolute atomic E-state index is 13.9. The summed E-state index contributed by atoms with van der Waals surface area (Å²) >= 11 is 4.12. The number of Topliss-reactive ketones (excluding diaryl/α,β-unsaturated/α-hetero) is 1. The molecule has 3 aromatic heterocycles. The molecule has 0 spiro atoms. The van der Waals surface area contributed by atoms with Crippen molar-refractivity contribution in [3.63, 3.8) is 0 Å². The fraction of sp³-hybridized carbons (Fsp3) is 0.379. The number of aromatic nitrogens is 4. The number of pyridine rings is 1. The van der Waals surface area contributed by atoms with Crippen molar-refractivity contribution in [3.05, 3.63) is 46.3 Å².